The summed E-state index contributed by atoms with van der Waals surface area (Å²) >= 11 is 0. The average molecular weight is 478 g/mol. The van der Waals surface area contributed by atoms with E-state index in [4.69, 9.17) is 9.47 Å². The van der Waals surface area contributed by atoms with Gasteiger partial charge in [-0.3, -0.25) is 9.58 Å². The maximum absolute atomic E-state index is 13.4. The van der Waals surface area contributed by atoms with Gasteiger partial charge in [0.2, 0.25) is 0 Å². The molecule has 1 saturated heterocycles. The molecule has 1 fully saturated rings. The summed E-state index contributed by atoms with van der Waals surface area (Å²) < 4.78 is 13.7. The molecule has 2 atom stereocenters. The van der Waals surface area contributed by atoms with Gasteiger partial charge in [-0.1, -0.05) is 66.7 Å². The van der Waals surface area contributed by atoms with Crippen LogP contribution in [-0.2, 0) is 16.5 Å². The van der Waals surface area contributed by atoms with Crippen LogP contribution in [0.25, 0.3) is 27.6 Å². The molecule has 3 aromatic carbocycles. The Morgan fingerprint density at radius 2 is 1.78 bits per heavy atom. The second-order valence-corrected chi connectivity index (χ2v) is 9.94. The predicted octanol–water partition coefficient (Wildman–Crippen LogP) is 5.38. The molecule has 180 valence electrons. The third-order valence-corrected chi connectivity index (χ3v) is 7.74. The minimum atomic E-state index is -0.259. The van der Waals surface area contributed by atoms with E-state index in [-0.39, 0.29) is 24.1 Å². The Kier molecular flexibility index (Phi) is 4.96. The van der Waals surface area contributed by atoms with Crippen LogP contribution in [0.15, 0.2) is 79.0 Å². The molecule has 3 heterocycles. The summed E-state index contributed by atoms with van der Waals surface area (Å²) in [5.74, 6) is 0.0541. The number of nitrogens with zero attached hydrogens (tertiary/aromatic N) is 3. The molecule has 1 aromatic heterocycles. The van der Waals surface area contributed by atoms with Gasteiger partial charge in [-0.2, -0.15) is 5.10 Å². The second kappa shape index (κ2) is 8.35. The Morgan fingerprint density at radius 3 is 2.53 bits per heavy atom. The number of carbonyl (C=O) groups is 1. The van der Waals surface area contributed by atoms with Gasteiger partial charge in [-0.05, 0) is 45.9 Å². The number of carbonyl (C=O) groups excluding carboxylic acids is 1. The number of amides is 1. The Labute approximate surface area is 209 Å². The summed E-state index contributed by atoms with van der Waals surface area (Å²) in [4.78, 5) is 15.3. The molecular weight excluding hydrogens is 450 g/mol. The second-order valence-electron chi connectivity index (χ2n) is 9.94. The van der Waals surface area contributed by atoms with Crippen molar-refractivity contribution < 1.29 is 14.3 Å². The molecule has 36 heavy (non-hydrogen) atoms. The summed E-state index contributed by atoms with van der Waals surface area (Å²) in [6, 6.07) is 23.0. The van der Waals surface area contributed by atoms with Gasteiger partial charge in [0.15, 0.2) is 0 Å². The highest BCUT2D eigenvalue weighted by Gasteiger charge is 2.40. The van der Waals surface area contributed by atoms with E-state index in [0.29, 0.717) is 19.8 Å². The summed E-state index contributed by atoms with van der Waals surface area (Å²) in [5.41, 5.74) is 8.29. The summed E-state index contributed by atoms with van der Waals surface area (Å²) in [5, 5.41) is 5.68. The number of fused-ring (bicyclic) bond motifs is 6. The van der Waals surface area contributed by atoms with Crippen molar-refractivity contribution in [2.45, 2.75) is 24.4 Å². The van der Waals surface area contributed by atoms with Crippen molar-refractivity contribution in [3.05, 3.63) is 95.7 Å². The lowest BCUT2D eigenvalue weighted by atomic mass is 9.90. The van der Waals surface area contributed by atoms with Crippen molar-refractivity contribution in [3.8, 4) is 11.1 Å². The van der Waals surface area contributed by atoms with Gasteiger partial charge in [0.05, 0.1) is 30.8 Å². The minimum Gasteiger partial charge on any atom is -0.448 e. The van der Waals surface area contributed by atoms with Gasteiger partial charge < -0.3 is 9.47 Å². The van der Waals surface area contributed by atoms with E-state index in [9.17, 15) is 4.79 Å². The van der Waals surface area contributed by atoms with Gasteiger partial charge in [0.25, 0.3) is 0 Å². The predicted molar refractivity (Wildman–Crippen MR) is 139 cm³/mol. The minimum absolute atomic E-state index is 0.0427. The van der Waals surface area contributed by atoms with Crippen molar-refractivity contribution in [2.24, 2.45) is 7.05 Å². The molecule has 3 aliphatic rings. The van der Waals surface area contributed by atoms with Crippen molar-refractivity contribution in [2.75, 3.05) is 19.8 Å². The van der Waals surface area contributed by atoms with Crippen LogP contribution < -0.4 is 0 Å². The number of ether oxygens (including phenoxy) is 2. The molecule has 6 nitrogen and oxygen atoms in total. The van der Waals surface area contributed by atoms with E-state index >= 15 is 0 Å². The third kappa shape index (κ3) is 3.44. The number of aromatic nitrogens is 2. The van der Waals surface area contributed by atoms with Gasteiger partial charge in [-0.15, -0.1) is 0 Å². The third-order valence-electron chi connectivity index (χ3n) is 7.74. The number of hydrogen-bond acceptors (Lipinski definition) is 4. The van der Waals surface area contributed by atoms with Crippen LogP contribution in [0.1, 0.15) is 29.0 Å². The lowest BCUT2D eigenvalue weighted by molar-refractivity contribution is -0.0331. The first-order valence-corrected chi connectivity index (χ1v) is 12.5. The maximum atomic E-state index is 13.4. The molecule has 6 heteroatoms. The molecule has 1 amide bonds. The molecule has 2 aliphatic heterocycles. The van der Waals surface area contributed by atoms with Crippen LogP contribution in [0.5, 0.6) is 0 Å². The number of aryl methyl sites for hydroxylation is 1. The average Bonchev–Trinajstić information content (AvgIpc) is 3.42. The van der Waals surface area contributed by atoms with Gasteiger partial charge in [0, 0.05) is 24.5 Å². The zero-order chi connectivity index (χ0) is 24.2. The zero-order valence-corrected chi connectivity index (χ0v) is 20.1. The first-order chi connectivity index (χ1) is 17.7. The van der Waals surface area contributed by atoms with Crippen molar-refractivity contribution in [3.63, 3.8) is 0 Å². The van der Waals surface area contributed by atoms with Crippen molar-refractivity contribution in [1.82, 2.24) is 14.7 Å². The lowest BCUT2D eigenvalue weighted by Gasteiger charge is -2.44. The maximum Gasteiger partial charge on any atom is 0.410 e. The normalized spacial score (nSPS) is 20.7. The molecule has 7 rings (SSSR count). The Hall–Kier alpha value is -3.90. The van der Waals surface area contributed by atoms with Crippen LogP contribution in [0.4, 0.5) is 4.79 Å². The number of rotatable bonds is 3. The first-order valence-electron chi connectivity index (χ1n) is 12.5. The first kappa shape index (κ1) is 21.4. The monoisotopic (exact) mass is 477 g/mol. The number of morpholine rings is 1. The fraction of sp³-hybridized carbons (Fsp3) is 0.267. The van der Waals surface area contributed by atoms with E-state index in [0.717, 1.165) is 22.9 Å². The highest BCUT2D eigenvalue weighted by molar-refractivity contribution is 5.84. The molecule has 2 unspecified atom stereocenters. The van der Waals surface area contributed by atoms with Crippen LogP contribution in [0.2, 0.25) is 0 Å². The topological polar surface area (TPSA) is 56.6 Å². The van der Waals surface area contributed by atoms with E-state index in [1.54, 1.807) is 0 Å². The molecule has 0 N–H and O–H groups in total. The van der Waals surface area contributed by atoms with Crippen LogP contribution in [-0.4, -0.2) is 52.7 Å². The molecule has 0 spiro atoms. The largest absolute Gasteiger partial charge is 0.448 e. The van der Waals surface area contributed by atoms with Crippen LogP contribution in [0, 0.1) is 0 Å². The summed E-state index contributed by atoms with van der Waals surface area (Å²) in [7, 11) is 1.94. The van der Waals surface area contributed by atoms with Crippen LogP contribution in [0.3, 0.4) is 0 Å². The molecular formula is C30H27N3O3. The van der Waals surface area contributed by atoms with Gasteiger partial charge in [0.1, 0.15) is 6.61 Å². The summed E-state index contributed by atoms with van der Waals surface area (Å²) in [6.07, 6.45) is 4.67. The van der Waals surface area contributed by atoms with Crippen molar-refractivity contribution in [1.29, 1.82) is 0 Å². The Bertz CT molecular complexity index is 1480. The summed E-state index contributed by atoms with van der Waals surface area (Å²) in [6.45, 7) is 1.33. The molecule has 4 aromatic rings. The molecule has 0 radical (unpaired) electrons. The quantitative estimate of drug-likeness (QED) is 0.398. The lowest BCUT2D eigenvalue weighted by Crippen LogP contribution is -2.56. The zero-order valence-electron chi connectivity index (χ0n) is 20.1. The van der Waals surface area contributed by atoms with E-state index < -0.39 is 0 Å². The van der Waals surface area contributed by atoms with Gasteiger partial charge in [-0.25, -0.2) is 4.79 Å². The molecule has 0 saturated carbocycles. The molecule has 1 aliphatic carbocycles. The Morgan fingerprint density at radius 1 is 1.03 bits per heavy atom. The van der Waals surface area contributed by atoms with E-state index in [1.807, 2.05) is 22.8 Å². The SMILES string of the molecule is Cn1cc2ccc(C3=CC4COCC(C3)N4C(=O)OCC3c4ccccc4-c4ccccc43)cc2n1. The van der Waals surface area contributed by atoms with Crippen molar-refractivity contribution >= 4 is 22.6 Å². The highest BCUT2D eigenvalue weighted by atomic mass is 16.6. The number of benzene rings is 3. The highest BCUT2D eigenvalue weighted by Crippen LogP contribution is 2.44. The Balaban J connectivity index is 1.12. The number of hydrogen-bond donors (Lipinski definition) is 0. The van der Waals surface area contributed by atoms with E-state index in [1.165, 1.54) is 27.8 Å². The van der Waals surface area contributed by atoms with Gasteiger partial charge >= 0.3 is 6.09 Å². The van der Waals surface area contributed by atoms with E-state index in [2.05, 4.69) is 77.9 Å². The fourth-order valence-corrected chi connectivity index (χ4v) is 6.10. The molecule has 2 bridgehead atoms. The fourth-order valence-electron chi connectivity index (χ4n) is 6.10. The smallest absolute Gasteiger partial charge is 0.410 e. The standard InChI is InChI=1S/C30H27N3O3/c1-32-15-20-11-10-19(14-29(20)31-32)21-12-22-16-35-17-23(13-21)33(22)30(34)36-18-28-26-8-4-2-6-24(26)25-7-3-5-9-27(25)28/h2-12,14-15,22-23,28H,13,16-18H2,1H3. The van der Waals surface area contributed by atoms with Crippen LogP contribution >= 0.6 is 0 Å².